The first-order valence-corrected chi connectivity index (χ1v) is 9.61. The van der Waals surface area contributed by atoms with Crippen molar-refractivity contribution in [2.45, 2.75) is 5.33 Å². The first kappa shape index (κ1) is 15.3. The van der Waals surface area contributed by atoms with Crippen LogP contribution in [0.25, 0.3) is 24.3 Å². The zero-order valence-corrected chi connectivity index (χ0v) is 15.5. The van der Waals surface area contributed by atoms with Crippen LogP contribution in [0.2, 0.25) is 0 Å². The monoisotopic (exact) mass is 404 g/mol. The first-order valence-electron chi connectivity index (χ1n) is 8.49. The summed E-state index contributed by atoms with van der Waals surface area (Å²) >= 11 is 3.59. The van der Waals surface area contributed by atoms with Crippen LogP contribution < -0.4 is 21.4 Å². The van der Waals surface area contributed by atoms with Crippen LogP contribution >= 0.6 is 15.9 Å². The summed E-state index contributed by atoms with van der Waals surface area (Å²) in [6.07, 6.45) is 8.49. The molecule has 5 heteroatoms. The Morgan fingerprint density at radius 2 is 1.12 bits per heavy atom. The minimum atomic E-state index is 0.803. The van der Waals surface area contributed by atoms with Crippen LogP contribution in [0.3, 0.4) is 0 Å². The van der Waals surface area contributed by atoms with Crippen molar-refractivity contribution in [1.29, 1.82) is 0 Å². The van der Waals surface area contributed by atoms with E-state index in [1.54, 1.807) is 0 Å². The molecular weight excluding hydrogens is 388 g/mol. The highest BCUT2D eigenvalue weighted by molar-refractivity contribution is 9.08. The van der Waals surface area contributed by atoms with Crippen molar-refractivity contribution in [3.63, 3.8) is 0 Å². The maximum absolute atomic E-state index is 3.59. The van der Waals surface area contributed by atoms with Gasteiger partial charge in [0.15, 0.2) is 0 Å². The molecule has 128 valence electrons. The lowest BCUT2D eigenvalue weighted by atomic mass is 10.3. The van der Waals surface area contributed by atoms with Gasteiger partial charge in [0.1, 0.15) is 0 Å². The Kier molecular flexibility index (Phi) is 3.60. The largest absolute Gasteiger partial charge is 0.355 e. The number of H-pyrrole nitrogens is 4. The van der Waals surface area contributed by atoms with Gasteiger partial charge in [0, 0.05) is 49.5 Å². The lowest BCUT2D eigenvalue weighted by molar-refractivity contribution is 1.22. The van der Waals surface area contributed by atoms with Crippen molar-refractivity contribution >= 4 is 40.2 Å². The summed E-state index contributed by atoms with van der Waals surface area (Å²) in [4.78, 5) is 13.8. The molecule has 1 aliphatic heterocycles. The van der Waals surface area contributed by atoms with Gasteiger partial charge in [0.2, 0.25) is 0 Å². The van der Waals surface area contributed by atoms with Gasteiger partial charge in [0.05, 0.1) is 0 Å². The van der Waals surface area contributed by atoms with E-state index in [0.29, 0.717) is 0 Å². The molecule has 0 spiro atoms. The highest BCUT2D eigenvalue weighted by atomic mass is 79.9. The SMILES string of the molecule is BrCc1cc2[nH]c1=Cc1ccc([nH]1)C=c1ccc([nH]1)=Cc1ccc([nH]1)C=2. The Hall–Kier alpha value is -2.92. The van der Waals surface area contributed by atoms with Gasteiger partial charge < -0.3 is 19.9 Å². The molecule has 0 fully saturated rings. The average Bonchev–Trinajstić information content (AvgIpc) is 3.39. The second-order valence-corrected chi connectivity index (χ2v) is 7.04. The molecule has 8 bridgehead atoms. The topological polar surface area (TPSA) is 63.2 Å². The minimum Gasteiger partial charge on any atom is -0.355 e. The van der Waals surface area contributed by atoms with Gasteiger partial charge in [0.25, 0.3) is 0 Å². The fraction of sp³-hybridized carbons (Fsp3) is 0.0476. The summed E-state index contributed by atoms with van der Waals surface area (Å²) in [6, 6.07) is 14.7. The molecule has 0 aromatic carbocycles. The maximum Gasteiger partial charge on any atom is 0.0446 e. The van der Waals surface area contributed by atoms with Crippen LogP contribution in [0.1, 0.15) is 28.3 Å². The number of rotatable bonds is 1. The van der Waals surface area contributed by atoms with Crippen LogP contribution in [0.4, 0.5) is 0 Å². The number of aromatic nitrogens is 4. The Bertz CT molecular complexity index is 1330. The van der Waals surface area contributed by atoms with Gasteiger partial charge in [-0.1, -0.05) is 15.9 Å². The van der Waals surface area contributed by atoms with E-state index in [9.17, 15) is 0 Å². The third-order valence-electron chi connectivity index (χ3n) is 4.52. The van der Waals surface area contributed by atoms with E-state index in [2.05, 4.69) is 103 Å². The molecule has 5 heterocycles. The molecule has 1 aliphatic rings. The Morgan fingerprint density at radius 3 is 1.69 bits per heavy atom. The molecule has 4 aromatic heterocycles. The number of alkyl halides is 1. The fourth-order valence-electron chi connectivity index (χ4n) is 3.31. The van der Waals surface area contributed by atoms with Crippen molar-refractivity contribution in [2.75, 3.05) is 0 Å². The predicted octanol–water partition coefficient (Wildman–Crippen LogP) is 1.52. The van der Waals surface area contributed by atoms with Crippen LogP contribution in [0.15, 0.2) is 42.5 Å². The predicted molar refractivity (Wildman–Crippen MR) is 109 cm³/mol. The fourth-order valence-corrected chi connectivity index (χ4v) is 3.77. The van der Waals surface area contributed by atoms with Crippen LogP contribution in [-0.2, 0) is 5.33 Å². The van der Waals surface area contributed by atoms with E-state index in [4.69, 9.17) is 0 Å². The number of hydrogen-bond donors (Lipinski definition) is 4. The quantitative estimate of drug-likeness (QED) is 0.306. The van der Waals surface area contributed by atoms with Gasteiger partial charge in [-0.2, -0.15) is 0 Å². The van der Waals surface area contributed by atoms with E-state index in [-0.39, 0.29) is 0 Å². The van der Waals surface area contributed by atoms with E-state index in [0.717, 1.165) is 49.5 Å². The molecule has 5 rings (SSSR count). The van der Waals surface area contributed by atoms with Crippen LogP contribution in [-0.4, -0.2) is 19.9 Å². The zero-order chi connectivity index (χ0) is 17.5. The molecule has 0 unspecified atom stereocenters. The summed E-state index contributed by atoms with van der Waals surface area (Å²) in [5, 5.41) is 5.12. The smallest absolute Gasteiger partial charge is 0.0446 e. The average molecular weight is 405 g/mol. The first-order chi connectivity index (χ1) is 12.7. The number of halogens is 1. The molecule has 0 atom stereocenters. The number of aromatic amines is 4. The van der Waals surface area contributed by atoms with Crippen LogP contribution in [0, 0.1) is 0 Å². The molecule has 0 radical (unpaired) electrons. The highest BCUT2D eigenvalue weighted by Gasteiger charge is 2.01. The summed E-state index contributed by atoms with van der Waals surface area (Å²) in [6.45, 7) is 0. The summed E-state index contributed by atoms with van der Waals surface area (Å²) in [7, 11) is 0. The number of fused-ring (bicyclic) bond motifs is 8. The molecular formula is C21H17BrN4. The zero-order valence-electron chi connectivity index (χ0n) is 13.9. The molecule has 0 amide bonds. The summed E-state index contributed by atoms with van der Waals surface area (Å²) in [5.74, 6) is 0. The Morgan fingerprint density at radius 1 is 0.577 bits per heavy atom. The van der Waals surface area contributed by atoms with E-state index >= 15 is 0 Å². The van der Waals surface area contributed by atoms with Crippen molar-refractivity contribution in [2.24, 2.45) is 0 Å². The van der Waals surface area contributed by atoms with Crippen LogP contribution in [0.5, 0.6) is 0 Å². The standard InChI is InChI=1S/C21H17BrN4/c22-12-13-7-20-10-18-4-3-16(24-18)8-14-1-2-15(23-14)9-17-5-6-19(25-17)11-21(13)26-20/h1-11,23-26H,12H2. The molecule has 0 saturated heterocycles. The van der Waals surface area contributed by atoms with Gasteiger partial charge in [-0.05, 0) is 72.3 Å². The summed E-state index contributed by atoms with van der Waals surface area (Å²) < 4.78 is 0. The molecule has 26 heavy (non-hydrogen) atoms. The summed E-state index contributed by atoms with van der Waals surface area (Å²) in [5.41, 5.74) is 5.50. The van der Waals surface area contributed by atoms with Gasteiger partial charge in [-0.3, -0.25) is 0 Å². The Labute approximate surface area is 157 Å². The minimum absolute atomic E-state index is 0.803. The Balaban J connectivity index is 1.80. The van der Waals surface area contributed by atoms with Gasteiger partial charge in [-0.25, -0.2) is 0 Å². The molecule has 0 aliphatic carbocycles. The van der Waals surface area contributed by atoms with E-state index < -0.39 is 0 Å². The molecule has 0 saturated carbocycles. The van der Waals surface area contributed by atoms with Crippen molar-refractivity contribution in [1.82, 2.24) is 19.9 Å². The van der Waals surface area contributed by atoms with E-state index in [1.165, 1.54) is 5.56 Å². The third-order valence-corrected chi connectivity index (χ3v) is 5.13. The number of hydrogen-bond acceptors (Lipinski definition) is 0. The maximum atomic E-state index is 3.59. The second-order valence-electron chi connectivity index (χ2n) is 6.48. The van der Waals surface area contributed by atoms with Crippen molar-refractivity contribution < 1.29 is 0 Å². The van der Waals surface area contributed by atoms with E-state index in [1.807, 2.05) is 0 Å². The van der Waals surface area contributed by atoms with Crippen molar-refractivity contribution in [3.05, 3.63) is 92.2 Å². The molecule has 4 N–H and O–H groups in total. The lowest BCUT2D eigenvalue weighted by Crippen LogP contribution is -2.12. The molecule has 4 nitrogen and oxygen atoms in total. The highest BCUT2D eigenvalue weighted by Crippen LogP contribution is 2.06. The third kappa shape index (κ3) is 2.91. The molecule has 4 aromatic rings. The van der Waals surface area contributed by atoms with Gasteiger partial charge in [-0.15, -0.1) is 0 Å². The van der Waals surface area contributed by atoms with Gasteiger partial charge >= 0.3 is 0 Å². The van der Waals surface area contributed by atoms with Crippen molar-refractivity contribution in [3.8, 4) is 0 Å². The second kappa shape index (κ2) is 6.11. The number of nitrogens with one attached hydrogen (secondary N) is 4. The lowest BCUT2D eigenvalue weighted by Gasteiger charge is -1.90. The normalized spacial score (nSPS) is 12.7.